The molecule has 0 unspecified atom stereocenters. The molecule has 1 N–H and O–H groups in total. The van der Waals surface area contributed by atoms with Crippen LogP contribution in [-0.4, -0.2) is 26.6 Å². The highest BCUT2D eigenvalue weighted by molar-refractivity contribution is 9.10. The molecule has 1 aromatic carbocycles. The van der Waals surface area contributed by atoms with Crippen LogP contribution in [0.1, 0.15) is 12.5 Å². The minimum atomic E-state index is -2.33. The molecule has 0 heterocycles. The highest BCUT2D eigenvalue weighted by Gasteiger charge is 2.12. The average molecular weight is 307 g/mol. The molecule has 0 bridgehead atoms. The Hall–Kier alpha value is -0.680. The van der Waals surface area contributed by atoms with Crippen molar-refractivity contribution >= 4 is 21.6 Å². The van der Waals surface area contributed by atoms with E-state index in [4.69, 9.17) is 0 Å². The van der Waals surface area contributed by atoms with Gasteiger partial charge in [0.05, 0.1) is 6.54 Å². The molecule has 1 aromatic rings. The molecule has 0 aliphatic carbocycles. The largest absolute Gasteiger partial charge is 0.369 e. The number of hydrogen-bond donors (Lipinski definition) is 1. The van der Waals surface area contributed by atoms with Crippen LogP contribution >= 0.6 is 15.9 Å². The zero-order chi connectivity index (χ0) is 12.8. The number of alkyl halides is 2. The molecule has 2 nitrogen and oxygen atoms in total. The van der Waals surface area contributed by atoms with Crippen molar-refractivity contribution in [2.45, 2.75) is 19.9 Å². The Bertz CT molecular complexity index is 358. The van der Waals surface area contributed by atoms with Crippen LogP contribution in [0.5, 0.6) is 0 Å². The summed E-state index contributed by atoms with van der Waals surface area (Å²) in [5.41, 5.74) is 1.86. The summed E-state index contributed by atoms with van der Waals surface area (Å²) in [6.45, 7) is 3.30. The van der Waals surface area contributed by atoms with E-state index in [1.165, 1.54) is 0 Å². The second kappa shape index (κ2) is 6.91. The molecule has 0 saturated carbocycles. The van der Waals surface area contributed by atoms with Gasteiger partial charge in [-0.3, -0.25) is 0 Å². The monoisotopic (exact) mass is 306 g/mol. The number of nitrogens with one attached hydrogen (secondary N) is 1. The Morgan fingerprint density at radius 2 is 2.12 bits per heavy atom. The van der Waals surface area contributed by atoms with E-state index in [0.717, 1.165) is 22.3 Å². The quantitative estimate of drug-likeness (QED) is 0.868. The summed E-state index contributed by atoms with van der Waals surface area (Å²) in [6, 6.07) is 5.74. The third-order valence-electron chi connectivity index (χ3n) is 2.44. The van der Waals surface area contributed by atoms with Crippen molar-refractivity contribution in [3.8, 4) is 0 Å². The zero-order valence-corrected chi connectivity index (χ0v) is 11.6. The number of hydrogen-bond acceptors (Lipinski definition) is 2. The summed E-state index contributed by atoms with van der Waals surface area (Å²) in [7, 11) is 1.68. The molecular formula is C12H17BrF2N2. The lowest BCUT2D eigenvalue weighted by molar-refractivity contribution is 0.156. The van der Waals surface area contributed by atoms with E-state index in [0.29, 0.717) is 6.54 Å². The first-order valence-corrected chi connectivity index (χ1v) is 6.32. The molecular weight excluding hydrogens is 290 g/mol. The van der Waals surface area contributed by atoms with E-state index in [-0.39, 0.29) is 6.54 Å². The van der Waals surface area contributed by atoms with E-state index in [2.05, 4.69) is 21.2 Å². The van der Waals surface area contributed by atoms with Crippen LogP contribution in [0.25, 0.3) is 0 Å². The molecule has 0 spiro atoms. The minimum absolute atomic E-state index is 0.254. The second-order valence-electron chi connectivity index (χ2n) is 3.82. The predicted octanol–water partition coefficient (Wildman–Crippen LogP) is 3.26. The van der Waals surface area contributed by atoms with Gasteiger partial charge in [0.25, 0.3) is 6.43 Å². The molecule has 1 rings (SSSR count). The standard InChI is InChI=1S/C12H17BrF2N2/c1-3-16-7-9-4-5-10(13)6-11(9)17(2)8-12(14)15/h4-6,12,16H,3,7-8H2,1-2H3. The number of nitrogens with zero attached hydrogens (tertiary/aromatic N) is 1. The lowest BCUT2D eigenvalue weighted by Gasteiger charge is -2.22. The summed E-state index contributed by atoms with van der Waals surface area (Å²) in [5, 5.41) is 3.20. The molecule has 0 saturated heterocycles. The normalized spacial score (nSPS) is 10.9. The maximum atomic E-state index is 12.4. The molecule has 0 aliphatic rings. The van der Waals surface area contributed by atoms with Crippen LogP contribution in [-0.2, 0) is 6.54 Å². The van der Waals surface area contributed by atoms with E-state index in [1.807, 2.05) is 25.1 Å². The first-order valence-electron chi connectivity index (χ1n) is 5.53. The molecule has 0 radical (unpaired) electrons. The number of benzene rings is 1. The SMILES string of the molecule is CCNCc1ccc(Br)cc1N(C)CC(F)F. The van der Waals surface area contributed by atoms with Gasteiger partial charge in [-0.1, -0.05) is 28.9 Å². The average Bonchev–Trinajstić information content (AvgIpc) is 2.26. The summed E-state index contributed by atoms with van der Waals surface area (Å²) in [4.78, 5) is 1.59. The molecule has 0 atom stereocenters. The van der Waals surface area contributed by atoms with E-state index in [1.54, 1.807) is 11.9 Å². The van der Waals surface area contributed by atoms with Crippen molar-refractivity contribution in [1.82, 2.24) is 5.32 Å². The summed E-state index contributed by atoms with van der Waals surface area (Å²) in [6.07, 6.45) is -2.33. The lowest BCUT2D eigenvalue weighted by Crippen LogP contribution is -2.26. The van der Waals surface area contributed by atoms with Gasteiger partial charge >= 0.3 is 0 Å². The Morgan fingerprint density at radius 1 is 1.41 bits per heavy atom. The van der Waals surface area contributed by atoms with E-state index in [9.17, 15) is 8.78 Å². The second-order valence-corrected chi connectivity index (χ2v) is 4.74. The molecule has 0 amide bonds. The Labute approximate surface area is 109 Å². The van der Waals surface area contributed by atoms with Gasteiger partial charge in [0.2, 0.25) is 0 Å². The smallest absolute Gasteiger partial charge is 0.255 e. The fourth-order valence-electron chi connectivity index (χ4n) is 1.61. The molecule has 0 aromatic heterocycles. The van der Waals surface area contributed by atoms with Crippen molar-refractivity contribution < 1.29 is 8.78 Å². The van der Waals surface area contributed by atoms with Gasteiger partial charge in [0.15, 0.2) is 0 Å². The summed E-state index contributed by atoms with van der Waals surface area (Å²) >= 11 is 3.36. The van der Waals surface area contributed by atoms with E-state index < -0.39 is 6.43 Å². The summed E-state index contributed by atoms with van der Waals surface area (Å²) in [5.74, 6) is 0. The van der Waals surface area contributed by atoms with Crippen LogP contribution in [0.4, 0.5) is 14.5 Å². The van der Waals surface area contributed by atoms with Crippen molar-refractivity contribution in [3.05, 3.63) is 28.2 Å². The zero-order valence-electron chi connectivity index (χ0n) is 10.0. The molecule has 5 heteroatoms. The number of halogens is 3. The first-order chi connectivity index (χ1) is 8.04. The lowest BCUT2D eigenvalue weighted by atomic mass is 10.1. The molecule has 96 valence electrons. The Morgan fingerprint density at radius 3 is 2.71 bits per heavy atom. The van der Waals surface area contributed by atoms with Crippen molar-refractivity contribution in [2.24, 2.45) is 0 Å². The highest BCUT2D eigenvalue weighted by atomic mass is 79.9. The van der Waals surface area contributed by atoms with Crippen LogP contribution in [0.15, 0.2) is 22.7 Å². The van der Waals surface area contributed by atoms with Crippen molar-refractivity contribution in [2.75, 3.05) is 25.0 Å². The van der Waals surface area contributed by atoms with Gasteiger partial charge in [-0.15, -0.1) is 0 Å². The van der Waals surface area contributed by atoms with Crippen molar-refractivity contribution in [3.63, 3.8) is 0 Å². The fraction of sp³-hybridized carbons (Fsp3) is 0.500. The van der Waals surface area contributed by atoms with Gasteiger partial charge in [-0.05, 0) is 24.2 Å². The van der Waals surface area contributed by atoms with Gasteiger partial charge in [-0.2, -0.15) is 0 Å². The van der Waals surface area contributed by atoms with Crippen molar-refractivity contribution in [1.29, 1.82) is 0 Å². The first kappa shape index (κ1) is 14.4. The topological polar surface area (TPSA) is 15.3 Å². The molecule has 0 fully saturated rings. The van der Waals surface area contributed by atoms with Gasteiger partial charge < -0.3 is 10.2 Å². The Kier molecular flexibility index (Phi) is 5.85. The van der Waals surface area contributed by atoms with E-state index >= 15 is 0 Å². The van der Waals surface area contributed by atoms with Crippen LogP contribution in [0, 0.1) is 0 Å². The highest BCUT2D eigenvalue weighted by Crippen LogP contribution is 2.25. The van der Waals surface area contributed by atoms with Crippen LogP contribution < -0.4 is 10.2 Å². The number of rotatable bonds is 6. The van der Waals surface area contributed by atoms with Gasteiger partial charge in [0.1, 0.15) is 0 Å². The predicted molar refractivity (Wildman–Crippen MR) is 70.8 cm³/mol. The van der Waals surface area contributed by atoms with Crippen LogP contribution in [0.3, 0.4) is 0 Å². The van der Waals surface area contributed by atoms with Gasteiger partial charge in [-0.25, -0.2) is 8.78 Å². The molecule has 17 heavy (non-hydrogen) atoms. The molecule has 0 aliphatic heterocycles. The maximum Gasteiger partial charge on any atom is 0.255 e. The van der Waals surface area contributed by atoms with Crippen LogP contribution in [0.2, 0.25) is 0 Å². The van der Waals surface area contributed by atoms with Gasteiger partial charge in [0, 0.05) is 23.8 Å². The third kappa shape index (κ3) is 4.60. The number of anilines is 1. The summed E-state index contributed by atoms with van der Waals surface area (Å²) < 4.78 is 25.7. The third-order valence-corrected chi connectivity index (χ3v) is 2.93. The fourth-order valence-corrected chi connectivity index (χ4v) is 1.96. The maximum absolute atomic E-state index is 12.4. The minimum Gasteiger partial charge on any atom is -0.369 e. The Balaban J connectivity index is 2.89.